The third kappa shape index (κ3) is 4.08. The van der Waals surface area contributed by atoms with E-state index in [2.05, 4.69) is 15.1 Å². The van der Waals surface area contributed by atoms with Gasteiger partial charge in [0.25, 0.3) is 0 Å². The van der Waals surface area contributed by atoms with Crippen molar-refractivity contribution in [3.63, 3.8) is 0 Å². The number of hydrogen-bond donors (Lipinski definition) is 2. The molecule has 0 amide bonds. The van der Waals surface area contributed by atoms with Crippen molar-refractivity contribution >= 4 is 10.0 Å². The van der Waals surface area contributed by atoms with Crippen molar-refractivity contribution < 1.29 is 8.42 Å². The van der Waals surface area contributed by atoms with Gasteiger partial charge in [0, 0.05) is 19.3 Å². The minimum atomic E-state index is -3.23. The molecule has 1 fully saturated rings. The molecule has 1 unspecified atom stereocenters. The predicted octanol–water partition coefficient (Wildman–Crippen LogP) is -0.0184. The zero-order valence-corrected chi connectivity index (χ0v) is 11.4. The normalized spacial score (nSPS) is 21.1. The van der Waals surface area contributed by atoms with Crippen LogP contribution in [0, 0.1) is 0 Å². The number of nitrogens with zero attached hydrogens (tertiary/aromatic N) is 2. The van der Waals surface area contributed by atoms with Crippen molar-refractivity contribution in [3.05, 3.63) is 18.0 Å². The smallest absolute Gasteiger partial charge is 0.213 e. The molecular formula is C11H20N4O2S. The Morgan fingerprint density at radius 3 is 3.00 bits per heavy atom. The van der Waals surface area contributed by atoms with Gasteiger partial charge >= 0.3 is 0 Å². The van der Waals surface area contributed by atoms with Crippen molar-refractivity contribution in [2.24, 2.45) is 7.05 Å². The molecule has 1 aliphatic heterocycles. The molecule has 1 saturated heterocycles. The number of aromatic nitrogens is 2. The van der Waals surface area contributed by atoms with E-state index < -0.39 is 10.0 Å². The molecular weight excluding hydrogens is 252 g/mol. The number of piperidine rings is 1. The second-order valence-corrected chi connectivity index (χ2v) is 6.58. The van der Waals surface area contributed by atoms with E-state index in [-0.39, 0.29) is 18.3 Å². The molecule has 2 rings (SSSR count). The van der Waals surface area contributed by atoms with Crippen molar-refractivity contribution in [1.29, 1.82) is 0 Å². The average molecular weight is 272 g/mol. The molecule has 0 radical (unpaired) electrons. The van der Waals surface area contributed by atoms with E-state index in [4.69, 9.17) is 0 Å². The van der Waals surface area contributed by atoms with Crippen LogP contribution < -0.4 is 10.0 Å². The monoisotopic (exact) mass is 272 g/mol. The Labute approximate surface area is 108 Å². The summed E-state index contributed by atoms with van der Waals surface area (Å²) >= 11 is 0. The lowest BCUT2D eigenvalue weighted by atomic mass is 10.1. The van der Waals surface area contributed by atoms with Gasteiger partial charge in [-0.25, -0.2) is 13.1 Å². The van der Waals surface area contributed by atoms with E-state index in [0.717, 1.165) is 31.5 Å². The van der Waals surface area contributed by atoms with Gasteiger partial charge in [-0.2, -0.15) is 5.10 Å². The summed E-state index contributed by atoms with van der Waals surface area (Å²) < 4.78 is 28.0. The van der Waals surface area contributed by atoms with Crippen LogP contribution in [0.1, 0.15) is 25.0 Å². The highest BCUT2D eigenvalue weighted by molar-refractivity contribution is 7.89. The zero-order chi connectivity index (χ0) is 13.0. The van der Waals surface area contributed by atoms with Gasteiger partial charge < -0.3 is 5.32 Å². The van der Waals surface area contributed by atoms with Crippen molar-refractivity contribution in [3.8, 4) is 0 Å². The molecule has 7 heteroatoms. The maximum atomic E-state index is 11.9. The average Bonchev–Trinajstić information content (AvgIpc) is 2.74. The van der Waals surface area contributed by atoms with Crippen molar-refractivity contribution in [1.82, 2.24) is 19.8 Å². The van der Waals surface area contributed by atoms with E-state index in [1.165, 1.54) is 0 Å². The second-order valence-electron chi connectivity index (χ2n) is 4.73. The van der Waals surface area contributed by atoms with Gasteiger partial charge in [0.1, 0.15) is 0 Å². The van der Waals surface area contributed by atoms with Crippen LogP contribution in [0.15, 0.2) is 12.3 Å². The minimum absolute atomic E-state index is 0.0833. The van der Waals surface area contributed by atoms with Gasteiger partial charge in [-0.1, -0.05) is 6.42 Å². The lowest BCUT2D eigenvalue weighted by molar-refractivity contribution is 0.422. The molecule has 1 aromatic heterocycles. The highest BCUT2D eigenvalue weighted by atomic mass is 32.2. The van der Waals surface area contributed by atoms with Crippen LogP contribution >= 0.6 is 0 Å². The van der Waals surface area contributed by atoms with Gasteiger partial charge in [-0.3, -0.25) is 4.68 Å². The molecule has 0 aromatic carbocycles. The fourth-order valence-electron chi connectivity index (χ4n) is 2.13. The van der Waals surface area contributed by atoms with Gasteiger partial charge in [0.15, 0.2) is 0 Å². The molecule has 6 nitrogen and oxygen atoms in total. The Morgan fingerprint density at radius 1 is 1.56 bits per heavy atom. The van der Waals surface area contributed by atoms with Gasteiger partial charge in [0.2, 0.25) is 10.0 Å². The molecule has 1 atom stereocenters. The Hall–Kier alpha value is -0.920. The summed E-state index contributed by atoms with van der Waals surface area (Å²) in [5.74, 6) is 0.153. The molecule has 0 spiro atoms. The minimum Gasteiger partial charge on any atom is -0.313 e. The Morgan fingerprint density at radius 2 is 2.39 bits per heavy atom. The van der Waals surface area contributed by atoms with Gasteiger partial charge in [-0.05, 0) is 25.5 Å². The number of rotatable bonds is 5. The maximum absolute atomic E-state index is 11.9. The number of sulfonamides is 1. The molecule has 2 N–H and O–H groups in total. The lowest BCUT2D eigenvalue weighted by Crippen LogP contribution is -2.42. The first kappa shape index (κ1) is 13.5. The summed E-state index contributed by atoms with van der Waals surface area (Å²) in [6, 6.07) is 1.89. The summed E-state index contributed by atoms with van der Waals surface area (Å²) in [7, 11) is -1.42. The summed E-state index contributed by atoms with van der Waals surface area (Å²) in [6.45, 7) is 1.18. The van der Waals surface area contributed by atoms with Gasteiger partial charge in [-0.15, -0.1) is 0 Å². The highest BCUT2D eigenvalue weighted by Crippen LogP contribution is 2.08. The topological polar surface area (TPSA) is 76.0 Å². The van der Waals surface area contributed by atoms with Crippen LogP contribution in [0.2, 0.25) is 0 Å². The first-order valence-corrected chi connectivity index (χ1v) is 7.90. The summed E-state index contributed by atoms with van der Waals surface area (Å²) in [5, 5.41) is 7.37. The van der Waals surface area contributed by atoms with Crippen LogP contribution in [0.25, 0.3) is 0 Å². The Balaban J connectivity index is 1.83. The summed E-state index contributed by atoms with van der Waals surface area (Å²) in [6.07, 6.45) is 4.97. The van der Waals surface area contributed by atoms with Crippen LogP contribution in [0.5, 0.6) is 0 Å². The van der Waals surface area contributed by atoms with Crippen molar-refractivity contribution in [2.75, 3.05) is 12.3 Å². The Bertz CT molecular complexity index is 477. The van der Waals surface area contributed by atoms with Crippen LogP contribution in [-0.4, -0.2) is 36.5 Å². The highest BCUT2D eigenvalue weighted by Gasteiger charge is 2.20. The molecule has 0 bridgehead atoms. The van der Waals surface area contributed by atoms with Crippen LogP contribution in [0.3, 0.4) is 0 Å². The van der Waals surface area contributed by atoms with E-state index in [0.29, 0.717) is 0 Å². The number of aryl methyl sites for hydroxylation is 1. The van der Waals surface area contributed by atoms with Crippen LogP contribution in [-0.2, 0) is 23.6 Å². The molecule has 0 aliphatic carbocycles. The number of nitrogens with one attached hydrogen (secondary N) is 2. The predicted molar refractivity (Wildman–Crippen MR) is 69.5 cm³/mol. The largest absolute Gasteiger partial charge is 0.313 e. The molecule has 18 heavy (non-hydrogen) atoms. The van der Waals surface area contributed by atoms with E-state index in [9.17, 15) is 8.42 Å². The van der Waals surface area contributed by atoms with Crippen molar-refractivity contribution in [2.45, 2.75) is 31.8 Å². The third-order valence-corrected chi connectivity index (χ3v) is 4.50. The quantitative estimate of drug-likeness (QED) is 0.790. The first-order valence-electron chi connectivity index (χ1n) is 6.24. The first-order chi connectivity index (χ1) is 8.55. The molecule has 2 heterocycles. The molecule has 102 valence electrons. The molecule has 0 saturated carbocycles. The van der Waals surface area contributed by atoms with Gasteiger partial charge in [0.05, 0.1) is 18.0 Å². The van der Waals surface area contributed by atoms with Crippen LogP contribution in [0.4, 0.5) is 0 Å². The second kappa shape index (κ2) is 5.81. The fourth-order valence-corrected chi connectivity index (χ4v) is 3.43. The third-order valence-electron chi connectivity index (χ3n) is 3.08. The van der Waals surface area contributed by atoms with E-state index in [1.54, 1.807) is 16.9 Å². The lowest BCUT2D eigenvalue weighted by Gasteiger charge is -2.23. The summed E-state index contributed by atoms with van der Waals surface area (Å²) in [4.78, 5) is 0. The molecule has 1 aliphatic rings. The molecule has 1 aromatic rings. The Kier molecular flexibility index (Phi) is 4.36. The summed E-state index contributed by atoms with van der Waals surface area (Å²) in [5.41, 5.74) is 0.734. The van der Waals surface area contributed by atoms with E-state index >= 15 is 0 Å². The SMILES string of the molecule is Cn1ccc(CNS(=O)(=O)CC2CCCCN2)n1. The standard InChI is InChI=1S/C11H20N4O2S/c1-15-7-5-10(14-15)8-13-18(16,17)9-11-4-2-3-6-12-11/h5,7,11-13H,2-4,6,8-9H2,1H3. The van der Waals surface area contributed by atoms with E-state index in [1.807, 2.05) is 7.05 Å². The maximum Gasteiger partial charge on any atom is 0.213 e. The number of hydrogen-bond acceptors (Lipinski definition) is 4. The fraction of sp³-hybridized carbons (Fsp3) is 0.727. The zero-order valence-electron chi connectivity index (χ0n) is 10.6.